The minimum atomic E-state index is -0.387. The average molecular weight is 313 g/mol. The third-order valence-electron chi connectivity index (χ3n) is 3.49. The normalized spacial score (nSPS) is 22.4. The molecule has 1 aliphatic rings. The molecule has 2 nitrogen and oxygen atoms in total. The van der Waals surface area contributed by atoms with E-state index in [4.69, 9.17) is 4.74 Å². The van der Waals surface area contributed by atoms with Crippen LogP contribution in [0.4, 0.5) is 0 Å². The first-order chi connectivity index (χ1) is 8.70. The van der Waals surface area contributed by atoms with Crippen LogP contribution in [0.5, 0.6) is 5.75 Å². The van der Waals surface area contributed by atoms with Crippen LogP contribution < -0.4 is 4.74 Å². The summed E-state index contributed by atoms with van der Waals surface area (Å²) in [5, 5.41) is 10.2. The predicted molar refractivity (Wildman–Crippen MR) is 76.9 cm³/mol. The zero-order valence-electron chi connectivity index (χ0n) is 10.9. The molecular formula is C15H21BrO2. The maximum atomic E-state index is 10.2. The molecule has 2 unspecified atom stereocenters. The summed E-state index contributed by atoms with van der Waals surface area (Å²) in [5.74, 6) is 0.845. The number of aliphatic hydroxyl groups excluding tert-OH is 1. The van der Waals surface area contributed by atoms with E-state index in [9.17, 15) is 5.11 Å². The van der Waals surface area contributed by atoms with Crippen LogP contribution in [0.3, 0.4) is 0 Å². The summed E-state index contributed by atoms with van der Waals surface area (Å²) in [6.45, 7) is 2.22. The van der Waals surface area contributed by atoms with Crippen LogP contribution in [0.25, 0.3) is 0 Å². The third kappa shape index (κ3) is 3.48. The van der Waals surface area contributed by atoms with E-state index in [0.717, 1.165) is 28.6 Å². The van der Waals surface area contributed by atoms with Gasteiger partial charge >= 0.3 is 0 Å². The number of halogens is 1. The van der Waals surface area contributed by atoms with E-state index in [1.807, 2.05) is 18.2 Å². The summed E-state index contributed by atoms with van der Waals surface area (Å²) in [6.07, 6.45) is 6.55. The Morgan fingerprint density at radius 2 is 2.17 bits per heavy atom. The number of fused-ring (bicyclic) bond motifs is 1. The van der Waals surface area contributed by atoms with Gasteiger partial charge in [-0.15, -0.1) is 0 Å². The molecule has 100 valence electrons. The lowest BCUT2D eigenvalue weighted by Gasteiger charge is -2.29. The van der Waals surface area contributed by atoms with Crippen molar-refractivity contribution in [3.63, 3.8) is 0 Å². The van der Waals surface area contributed by atoms with Gasteiger partial charge in [0.05, 0.1) is 6.10 Å². The second-order valence-electron chi connectivity index (χ2n) is 5.02. The van der Waals surface area contributed by atoms with Gasteiger partial charge in [-0.05, 0) is 31.0 Å². The van der Waals surface area contributed by atoms with Crippen molar-refractivity contribution in [3.8, 4) is 5.75 Å². The fourth-order valence-corrected chi connectivity index (χ4v) is 2.85. The van der Waals surface area contributed by atoms with Gasteiger partial charge in [-0.1, -0.05) is 42.1 Å². The number of rotatable bonds is 5. The molecule has 2 rings (SSSR count). The van der Waals surface area contributed by atoms with Crippen LogP contribution in [0.2, 0.25) is 0 Å². The van der Waals surface area contributed by atoms with Crippen LogP contribution in [0, 0.1) is 0 Å². The van der Waals surface area contributed by atoms with Crippen LogP contribution in [-0.2, 0) is 0 Å². The molecule has 0 spiro atoms. The third-order valence-corrected chi connectivity index (χ3v) is 3.98. The monoisotopic (exact) mass is 312 g/mol. The molecule has 0 saturated carbocycles. The van der Waals surface area contributed by atoms with Crippen molar-refractivity contribution >= 4 is 15.9 Å². The zero-order valence-corrected chi connectivity index (χ0v) is 12.4. The molecule has 0 radical (unpaired) electrons. The fourth-order valence-electron chi connectivity index (χ4n) is 2.47. The summed E-state index contributed by atoms with van der Waals surface area (Å²) in [7, 11) is 0. The highest BCUT2D eigenvalue weighted by molar-refractivity contribution is 9.10. The van der Waals surface area contributed by atoms with Crippen molar-refractivity contribution in [2.75, 3.05) is 0 Å². The van der Waals surface area contributed by atoms with Gasteiger partial charge in [-0.25, -0.2) is 0 Å². The van der Waals surface area contributed by atoms with Gasteiger partial charge in [0.2, 0.25) is 0 Å². The van der Waals surface area contributed by atoms with Gasteiger partial charge in [-0.2, -0.15) is 0 Å². The van der Waals surface area contributed by atoms with Gasteiger partial charge in [0.25, 0.3) is 0 Å². The van der Waals surface area contributed by atoms with Crippen LogP contribution in [0.1, 0.15) is 57.1 Å². The largest absolute Gasteiger partial charge is 0.490 e. The minimum absolute atomic E-state index is 0.172. The Labute approximate surface area is 117 Å². The van der Waals surface area contributed by atoms with Gasteiger partial charge in [-0.3, -0.25) is 0 Å². The van der Waals surface area contributed by atoms with Gasteiger partial charge in [0.1, 0.15) is 11.9 Å². The molecule has 2 atom stereocenters. The number of hydrogen-bond donors (Lipinski definition) is 1. The quantitative estimate of drug-likeness (QED) is 0.805. The van der Waals surface area contributed by atoms with Crippen molar-refractivity contribution < 1.29 is 9.84 Å². The predicted octanol–water partition coefficient (Wildman–Crippen LogP) is 4.60. The number of benzene rings is 1. The lowest BCUT2D eigenvalue weighted by molar-refractivity contribution is 0.0604. The second kappa shape index (κ2) is 6.58. The van der Waals surface area contributed by atoms with Gasteiger partial charge in [0, 0.05) is 16.5 Å². The van der Waals surface area contributed by atoms with Crippen molar-refractivity contribution in [2.45, 2.75) is 57.7 Å². The molecule has 1 aromatic carbocycles. The van der Waals surface area contributed by atoms with E-state index in [1.54, 1.807) is 0 Å². The summed E-state index contributed by atoms with van der Waals surface area (Å²) in [5.41, 5.74) is 0.911. The van der Waals surface area contributed by atoms with Crippen LogP contribution in [-0.4, -0.2) is 11.2 Å². The highest BCUT2D eigenvalue weighted by atomic mass is 79.9. The Bertz CT molecular complexity index is 392. The molecule has 0 aliphatic carbocycles. The topological polar surface area (TPSA) is 29.5 Å². The number of aliphatic hydroxyl groups is 1. The van der Waals surface area contributed by atoms with Crippen molar-refractivity contribution in [2.24, 2.45) is 0 Å². The first-order valence-corrected chi connectivity index (χ1v) is 7.64. The molecule has 1 aliphatic heterocycles. The molecular weight excluding hydrogens is 292 g/mol. The Balaban J connectivity index is 1.93. The summed E-state index contributed by atoms with van der Waals surface area (Å²) < 4.78 is 6.95. The molecule has 0 aromatic heterocycles. The molecule has 3 heteroatoms. The molecule has 0 amide bonds. The van der Waals surface area contributed by atoms with E-state index in [2.05, 4.69) is 22.9 Å². The standard InChI is InChI=1S/C15H21BrO2/c1-2-3-4-5-6-12-10-14(17)13-9-11(16)7-8-15(13)18-12/h7-9,12,14,17H,2-6,10H2,1H3. The van der Waals surface area contributed by atoms with Gasteiger partial charge in [0.15, 0.2) is 0 Å². The smallest absolute Gasteiger partial charge is 0.125 e. The average Bonchev–Trinajstić information content (AvgIpc) is 2.36. The van der Waals surface area contributed by atoms with Crippen LogP contribution in [0.15, 0.2) is 22.7 Å². The maximum Gasteiger partial charge on any atom is 0.125 e. The molecule has 1 aromatic rings. The van der Waals surface area contributed by atoms with Gasteiger partial charge < -0.3 is 9.84 Å². The first-order valence-electron chi connectivity index (χ1n) is 6.85. The summed E-state index contributed by atoms with van der Waals surface area (Å²) >= 11 is 3.43. The highest BCUT2D eigenvalue weighted by Gasteiger charge is 2.26. The van der Waals surface area contributed by atoms with E-state index in [1.165, 1.54) is 25.7 Å². The number of ether oxygens (including phenoxy) is 1. The van der Waals surface area contributed by atoms with Crippen molar-refractivity contribution in [3.05, 3.63) is 28.2 Å². The van der Waals surface area contributed by atoms with E-state index in [0.29, 0.717) is 0 Å². The lowest BCUT2D eigenvalue weighted by Crippen LogP contribution is -2.25. The summed E-state index contributed by atoms with van der Waals surface area (Å²) in [4.78, 5) is 0. The van der Waals surface area contributed by atoms with E-state index in [-0.39, 0.29) is 12.2 Å². The summed E-state index contributed by atoms with van der Waals surface area (Å²) in [6, 6.07) is 5.86. The minimum Gasteiger partial charge on any atom is -0.490 e. The maximum absolute atomic E-state index is 10.2. The molecule has 0 bridgehead atoms. The molecule has 0 saturated heterocycles. The van der Waals surface area contributed by atoms with E-state index >= 15 is 0 Å². The number of hydrogen-bond acceptors (Lipinski definition) is 2. The molecule has 18 heavy (non-hydrogen) atoms. The van der Waals surface area contributed by atoms with Crippen molar-refractivity contribution in [1.29, 1.82) is 0 Å². The Hall–Kier alpha value is -0.540. The molecule has 1 N–H and O–H groups in total. The zero-order chi connectivity index (χ0) is 13.0. The Morgan fingerprint density at radius 3 is 2.94 bits per heavy atom. The number of unbranched alkanes of at least 4 members (excludes halogenated alkanes) is 3. The highest BCUT2D eigenvalue weighted by Crippen LogP contribution is 2.37. The fraction of sp³-hybridized carbons (Fsp3) is 0.600. The Kier molecular flexibility index (Phi) is 5.07. The SMILES string of the molecule is CCCCCCC1CC(O)c2cc(Br)ccc2O1. The first kappa shape index (κ1) is 13.9. The molecule has 1 heterocycles. The molecule has 0 fully saturated rings. The lowest BCUT2D eigenvalue weighted by atomic mass is 9.96. The second-order valence-corrected chi connectivity index (χ2v) is 5.94. The van der Waals surface area contributed by atoms with Crippen molar-refractivity contribution in [1.82, 2.24) is 0 Å². The van der Waals surface area contributed by atoms with E-state index < -0.39 is 0 Å². The Morgan fingerprint density at radius 1 is 1.33 bits per heavy atom. The van der Waals surface area contributed by atoms with Crippen LogP contribution >= 0.6 is 15.9 Å².